The zero-order valence-electron chi connectivity index (χ0n) is 13.8. The van der Waals surface area contributed by atoms with Gasteiger partial charge in [-0.05, 0) is 19.4 Å². The lowest BCUT2D eigenvalue weighted by Gasteiger charge is -2.25. The molecule has 0 aliphatic heterocycles. The molecule has 6 heteroatoms. The van der Waals surface area contributed by atoms with E-state index in [1.807, 2.05) is 30.3 Å². The largest absolute Gasteiger partial charge is 0.480 e. The number of hydrogen-bond donors (Lipinski definition) is 1. The number of carboxylic acid groups (broad SMARTS) is 1. The summed E-state index contributed by atoms with van der Waals surface area (Å²) in [5.41, 5.74) is 2.67. The maximum Gasteiger partial charge on any atom is 0.326 e. The molecule has 1 amide bonds. The van der Waals surface area contributed by atoms with Crippen LogP contribution in [0.2, 0.25) is 0 Å². The molecule has 1 heterocycles. The number of nitrogens with zero attached hydrogens (tertiary/aromatic N) is 3. The number of aryl methyl sites for hydroxylation is 2. The van der Waals surface area contributed by atoms with Gasteiger partial charge in [0, 0.05) is 26.2 Å². The van der Waals surface area contributed by atoms with Crippen LogP contribution in [-0.4, -0.2) is 44.8 Å². The molecule has 0 bridgehead atoms. The number of benzene rings is 1. The number of rotatable bonds is 5. The third kappa shape index (κ3) is 3.41. The van der Waals surface area contributed by atoms with E-state index >= 15 is 0 Å². The van der Waals surface area contributed by atoms with E-state index in [1.165, 1.54) is 11.9 Å². The van der Waals surface area contributed by atoms with Gasteiger partial charge in [0.05, 0.1) is 11.3 Å². The molecular weight excluding hydrogens is 294 g/mol. The van der Waals surface area contributed by atoms with Crippen molar-refractivity contribution < 1.29 is 14.7 Å². The van der Waals surface area contributed by atoms with Crippen LogP contribution < -0.4 is 0 Å². The van der Waals surface area contributed by atoms with Crippen molar-refractivity contribution in [1.29, 1.82) is 0 Å². The maximum atomic E-state index is 12.7. The Bertz CT molecular complexity index is 722. The Hall–Kier alpha value is -2.63. The fourth-order valence-corrected chi connectivity index (χ4v) is 2.63. The molecule has 0 fully saturated rings. The summed E-state index contributed by atoms with van der Waals surface area (Å²) < 4.78 is 1.63. The summed E-state index contributed by atoms with van der Waals surface area (Å²) in [5, 5.41) is 13.8. The third-order valence-electron chi connectivity index (χ3n) is 4.07. The van der Waals surface area contributed by atoms with E-state index in [2.05, 4.69) is 5.10 Å². The smallest absolute Gasteiger partial charge is 0.326 e. The van der Waals surface area contributed by atoms with Crippen molar-refractivity contribution in [3.63, 3.8) is 0 Å². The van der Waals surface area contributed by atoms with Gasteiger partial charge in [-0.1, -0.05) is 30.3 Å². The SMILES string of the molecule is Cc1nn(C)c(C)c1C(=O)N(C)C(Cc1ccccc1)C(=O)O. The van der Waals surface area contributed by atoms with E-state index in [1.54, 1.807) is 25.6 Å². The van der Waals surface area contributed by atoms with Gasteiger partial charge >= 0.3 is 5.97 Å². The minimum Gasteiger partial charge on any atom is -0.480 e. The molecule has 2 rings (SSSR count). The van der Waals surface area contributed by atoms with Crippen LogP contribution in [0.5, 0.6) is 0 Å². The molecule has 1 aromatic heterocycles. The molecule has 0 radical (unpaired) electrons. The van der Waals surface area contributed by atoms with E-state index in [-0.39, 0.29) is 12.3 Å². The molecule has 1 N–H and O–H groups in total. The molecular formula is C17H21N3O3. The molecule has 1 aromatic carbocycles. The molecule has 2 aromatic rings. The second-order valence-electron chi connectivity index (χ2n) is 5.63. The van der Waals surface area contributed by atoms with Crippen molar-refractivity contribution in [3.8, 4) is 0 Å². The lowest BCUT2D eigenvalue weighted by atomic mass is 10.0. The van der Waals surface area contributed by atoms with Crippen molar-refractivity contribution in [3.05, 3.63) is 52.8 Å². The molecule has 6 nitrogen and oxygen atoms in total. The lowest BCUT2D eigenvalue weighted by Crippen LogP contribution is -2.44. The minimum absolute atomic E-state index is 0.261. The summed E-state index contributed by atoms with van der Waals surface area (Å²) in [6.45, 7) is 3.55. The van der Waals surface area contributed by atoms with Crippen molar-refractivity contribution in [2.45, 2.75) is 26.3 Å². The summed E-state index contributed by atoms with van der Waals surface area (Å²) in [6.07, 6.45) is 0.261. The Labute approximate surface area is 135 Å². The van der Waals surface area contributed by atoms with E-state index in [4.69, 9.17) is 0 Å². The van der Waals surface area contributed by atoms with Gasteiger partial charge in [0.1, 0.15) is 6.04 Å². The van der Waals surface area contributed by atoms with Crippen LogP contribution in [0.1, 0.15) is 27.3 Å². The number of amides is 1. The first-order chi connectivity index (χ1) is 10.8. The Kier molecular flexibility index (Phi) is 4.83. The van der Waals surface area contributed by atoms with Crippen LogP contribution in [0.3, 0.4) is 0 Å². The van der Waals surface area contributed by atoms with Crippen LogP contribution >= 0.6 is 0 Å². The number of aromatic nitrogens is 2. The van der Waals surface area contributed by atoms with Crippen molar-refractivity contribution in [2.75, 3.05) is 7.05 Å². The fourth-order valence-electron chi connectivity index (χ4n) is 2.63. The number of carboxylic acids is 1. The second-order valence-corrected chi connectivity index (χ2v) is 5.63. The summed E-state index contributed by atoms with van der Waals surface area (Å²) in [4.78, 5) is 25.7. The van der Waals surface area contributed by atoms with E-state index < -0.39 is 12.0 Å². The van der Waals surface area contributed by atoms with Gasteiger partial charge in [-0.2, -0.15) is 5.10 Å². The summed E-state index contributed by atoms with van der Waals surface area (Å²) in [7, 11) is 3.29. The number of carbonyl (C=O) groups excluding carboxylic acids is 1. The number of aliphatic carboxylic acids is 1. The Morgan fingerprint density at radius 3 is 2.35 bits per heavy atom. The zero-order valence-corrected chi connectivity index (χ0v) is 13.8. The molecule has 0 aliphatic carbocycles. The summed E-state index contributed by atoms with van der Waals surface area (Å²) >= 11 is 0. The molecule has 1 atom stereocenters. The van der Waals surface area contributed by atoms with Gasteiger partial charge in [-0.15, -0.1) is 0 Å². The second kappa shape index (κ2) is 6.64. The quantitative estimate of drug-likeness (QED) is 0.913. The topological polar surface area (TPSA) is 75.4 Å². The van der Waals surface area contributed by atoms with Crippen LogP contribution in [0, 0.1) is 13.8 Å². The highest BCUT2D eigenvalue weighted by Crippen LogP contribution is 2.17. The van der Waals surface area contributed by atoms with Crippen LogP contribution in [0.15, 0.2) is 30.3 Å². The van der Waals surface area contributed by atoms with Gasteiger partial charge in [0.15, 0.2) is 0 Å². The highest BCUT2D eigenvalue weighted by Gasteiger charge is 2.30. The van der Waals surface area contributed by atoms with Crippen LogP contribution in [0.25, 0.3) is 0 Å². The van der Waals surface area contributed by atoms with Crippen molar-refractivity contribution >= 4 is 11.9 Å². The first kappa shape index (κ1) is 16.7. The van der Waals surface area contributed by atoms with Gasteiger partial charge in [-0.25, -0.2) is 4.79 Å². The van der Waals surface area contributed by atoms with Gasteiger partial charge in [0.25, 0.3) is 5.91 Å². The fraction of sp³-hybridized carbons (Fsp3) is 0.353. The predicted molar refractivity (Wildman–Crippen MR) is 86.3 cm³/mol. The molecule has 0 spiro atoms. The Balaban J connectivity index is 2.29. The highest BCUT2D eigenvalue weighted by atomic mass is 16.4. The number of hydrogen-bond acceptors (Lipinski definition) is 3. The molecule has 122 valence electrons. The lowest BCUT2D eigenvalue weighted by molar-refractivity contribution is -0.141. The summed E-state index contributed by atoms with van der Waals surface area (Å²) in [5.74, 6) is -1.35. The van der Waals surface area contributed by atoms with E-state index in [9.17, 15) is 14.7 Å². The molecule has 0 aliphatic rings. The molecule has 0 saturated heterocycles. The minimum atomic E-state index is -1.02. The predicted octanol–water partition coefficient (Wildman–Crippen LogP) is 1.80. The molecule has 23 heavy (non-hydrogen) atoms. The monoisotopic (exact) mass is 315 g/mol. The summed E-state index contributed by atoms with van der Waals surface area (Å²) in [6, 6.07) is 8.36. The van der Waals surface area contributed by atoms with Crippen molar-refractivity contribution in [2.24, 2.45) is 7.05 Å². The van der Waals surface area contributed by atoms with Gasteiger partial charge in [-0.3, -0.25) is 9.48 Å². The molecule has 0 saturated carbocycles. The van der Waals surface area contributed by atoms with Gasteiger partial charge < -0.3 is 10.0 Å². The van der Waals surface area contributed by atoms with Crippen molar-refractivity contribution in [1.82, 2.24) is 14.7 Å². The Morgan fingerprint density at radius 1 is 1.26 bits per heavy atom. The highest BCUT2D eigenvalue weighted by molar-refractivity contribution is 5.98. The normalized spacial score (nSPS) is 12.0. The third-order valence-corrected chi connectivity index (χ3v) is 4.07. The van der Waals surface area contributed by atoms with E-state index in [0.717, 1.165) is 11.3 Å². The maximum absolute atomic E-state index is 12.7. The van der Waals surface area contributed by atoms with E-state index in [0.29, 0.717) is 11.3 Å². The van der Waals surface area contributed by atoms with Crippen LogP contribution in [-0.2, 0) is 18.3 Å². The standard InChI is InChI=1S/C17H21N3O3/c1-11-15(12(2)20(4)18-11)16(21)19(3)14(17(22)23)10-13-8-6-5-7-9-13/h5-9,14H,10H2,1-4H3,(H,22,23). The number of carbonyl (C=O) groups is 2. The number of likely N-dealkylation sites (N-methyl/N-ethyl adjacent to an activating group) is 1. The zero-order chi connectivity index (χ0) is 17.1. The first-order valence-electron chi connectivity index (χ1n) is 7.37. The van der Waals surface area contributed by atoms with Gasteiger partial charge in [0.2, 0.25) is 0 Å². The van der Waals surface area contributed by atoms with Crippen LogP contribution in [0.4, 0.5) is 0 Å². The average Bonchev–Trinajstić information content (AvgIpc) is 2.77. The average molecular weight is 315 g/mol. The first-order valence-corrected chi connectivity index (χ1v) is 7.37. The molecule has 1 unspecified atom stereocenters. The Morgan fingerprint density at radius 2 is 1.87 bits per heavy atom.